The van der Waals surface area contributed by atoms with E-state index in [9.17, 15) is 4.79 Å². The normalized spacial score (nSPS) is 24.1. The molecule has 6 rings (SSSR count). The Morgan fingerprint density at radius 2 is 1.94 bits per heavy atom. The lowest BCUT2D eigenvalue weighted by Gasteiger charge is -2.34. The summed E-state index contributed by atoms with van der Waals surface area (Å²) in [5, 5.41) is 13.0. The maximum atomic E-state index is 15.1. The van der Waals surface area contributed by atoms with Crippen molar-refractivity contribution in [1.82, 2.24) is 14.5 Å². The van der Waals surface area contributed by atoms with Crippen LogP contribution in [0.4, 0.5) is 21.7 Å². The van der Waals surface area contributed by atoms with Crippen LogP contribution >= 0.6 is 0 Å². The SMILES string of the molecule is O=c1ccc2cnc(Nc3ccc(N4CCC(CCCO)CC4)c(F)c3)nc2n1C1CC2CCC1C2. The molecule has 0 radical (unpaired) electrons. The van der Waals surface area contributed by atoms with E-state index in [1.165, 1.54) is 25.3 Å². The van der Waals surface area contributed by atoms with Gasteiger partial charge in [-0.3, -0.25) is 9.36 Å². The number of pyridine rings is 1. The lowest BCUT2D eigenvalue weighted by Crippen LogP contribution is -2.34. The highest BCUT2D eigenvalue weighted by Crippen LogP contribution is 2.50. The summed E-state index contributed by atoms with van der Waals surface area (Å²) in [7, 11) is 0. The van der Waals surface area contributed by atoms with E-state index in [0.29, 0.717) is 34.8 Å². The van der Waals surface area contributed by atoms with Gasteiger partial charge in [0, 0.05) is 49.1 Å². The van der Waals surface area contributed by atoms with Crippen LogP contribution in [-0.2, 0) is 0 Å². The van der Waals surface area contributed by atoms with Crippen molar-refractivity contribution in [3.8, 4) is 0 Å². The van der Waals surface area contributed by atoms with Crippen molar-refractivity contribution < 1.29 is 9.50 Å². The van der Waals surface area contributed by atoms with Gasteiger partial charge in [-0.25, -0.2) is 9.37 Å². The summed E-state index contributed by atoms with van der Waals surface area (Å²) < 4.78 is 17.0. The van der Waals surface area contributed by atoms with E-state index < -0.39 is 0 Å². The minimum Gasteiger partial charge on any atom is -0.396 e. The molecule has 3 aromatic rings. The monoisotopic (exact) mass is 491 g/mol. The minimum absolute atomic E-state index is 0.0137. The lowest BCUT2D eigenvalue weighted by atomic mass is 9.92. The number of hydrogen-bond donors (Lipinski definition) is 2. The number of piperidine rings is 1. The minimum atomic E-state index is -0.270. The van der Waals surface area contributed by atoms with Gasteiger partial charge >= 0.3 is 0 Å². The zero-order valence-corrected chi connectivity index (χ0v) is 20.6. The number of nitrogens with zero attached hydrogens (tertiary/aromatic N) is 4. The number of halogens is 1. The van der Waals surface area contributed by atoms with Crippen molar-refractivity contribution in [2.24, 2.45) is 17.8 Å². The average Bonchev–Trinajstić information content (AvgIpc) is 3.52. The fraction of sp³-hybridized carbons (Fsp3) is 0.536. The van der Waals surface area contributed by atoms with Crippen LogP contribution in [0.5, 0.6) is 0 Å². The van der Waals surface area contributed by atoms with Crippen molar-refractivity contribution in [3.63, 3.8) is 0 Å². The Morgan fingerprint density at radius 3 is 2.67 bits per heavy atom. The molecule has 2 aliphatic carbocycles. The molecule has 2 N–H and O–H groups in total. The lowest BCUT2D eigenvalue weighted by molar-refractivity contribution is 0.261. The molecule has 2 saturated carbocycles. The van der Waals surface area contributed by atoms with Gasteiger partial charge in [-0.15, -0.1) is 0 Å². The van der Waals surface area contributed by atoms with Crippen LogP contribution in [0.2, 0.25) is 0 Å². The smallest absolute Gasteiger partial charge is 0.252 e. The molecule has 36 heavy (non-hydrogen) atoms. The highest BCUT2D eigenvalue weighted by atomic mass is 19.1. The van der Waals surface area contributed by atoms with Gasteiger partial charge < -0.3 is 15.3 Å². The molecule has 0 spiro atoms. The summed E-state index contributed by atoms with van der Waals surface area (Å²) in [4.78, 5) is 24.2. The van der Waals surface area contributed by atoms with Crippen molar-refractivity contribution in [3.05, 3.63) is 52.7 Å². The molecule has 0 amide bonds. The number of nitrogens with one attached hydrogen (secondary N) is 1. The molecule has 3 heterocycles. The molecule has 1 aromatic carbocycles. The number of aromatic nitrogens is 3. The first-order valence-electron chi connectivity index (χ1n) is 13.4. The third-order valence-corrected chi connectivity index (χ3v) is 8.63. The fourth-order valence-electron chi connectivity index (χ4n) is 6.76. The van der Waals surface area contributed by atoms with Gasteiger partial charge in [0.05, 0.1) is 5.69 Å². The molecule has 190 valence electrons. The molecule has 1 saturated heterocycles. The number of aliphatic hydroxyl groups is 1. The molecule has 7 nitrogen and oxygen atoms in total. The van der Waals surface area contributed by atoms with E-state index in [4.69, 9.17) is 10.1 Å². The first-order valence-corrected chi connectivity index (χ1v) is 13.4. The molecule has 2 aromatic heterocycles. The van der Waals surface area contributed by atoms with Crippen LogP contribution in [0.25, 0.3) is 11.0 Å². The predicted octanol–water partition coefficient (Wildman–Crippen LogP) is 5.02. The largest absolute Gasteiger partial charge is 0.396 e. The molecule has 3 fully saturated rings. The van der Waals surface area contributed by atoms with Gasteiger partial charge in [-0.05, 0) is 87.0 Å². The second-order valence-electron chi connectivity index (χ2n) is 10.8. The Morgan fingerprint density at radius 1 is 1.08 bits per heavy atom. The van der Waals surface area contributed by atoms with E-state index >= 15 is 4.39 Å². The zero-order valence-electron chi connectivity index (χ0n) is 20.6. The summed E-state index contributed by atoms with van der Waals surface area (Å²) in [6.45, 7) is 1.89. The number of hydrogen-bond acceptors (Lipinski definition) is 6. The Labute approximate surface area is 210 Å². The number of benzene rings is 1. The summed E-state index contributed by atoms with van der Waals surface area (Å²) in [6, 6.07) is 8.78. The number of rotatable bonds is 7. The Bertz CT molecular complexity index is 1300. The average molecular weight is 492 g/mol. The molecule has 8 heteroatoms. The van der Waals surface area contributed by atoms with Crippen molar-refractivity contribution in [2.45, 2.75) is 57.4 Å². The predicted molar refractivity (Wildman–Crippen MR) is 139 cm³/mol. The number of anilines is 3. The third kappa shape index (κ3) is 4.47. The van der Waals surface area contributed by atoms with Crippen LogP contribution in [0.1, 0.15) is 57.4 Å². The molecule has 3 atom stereocenters. The number of aliphatic hydroxyl groups excluding tert-OH is 1. The fourth-order valence-corrected chi connectivity index (χ4v) is 6.76. The highest BCUT2D eigenvalue weighted by Gasteiger charge is 2.41. The Hall–Kier alpha value is -3.00. The zero-order chi connectivity index (χ0) is 24.6. The molecular formula is C28H34FN5O2. The summed E-state index contributed by atoms with van der Waals surface area (Å²) >= 11 is 0. The van der Waals surface area contributed by atoms with Gasteiger partial charge in [0.2, 0.25) is 5.95 Å². The van der Waals surface area contributed by atoms with Crippen molar-refractivity contribution >= 4 is 28.4 Å². The Balaban J connectivity index is 1.20. The van der Waals surface area contributed by atoms with Gasteiger partial charge in [-0.2, -0.15) is 4.98 Å². The van der Waals surface area contributed by atoms with E-state index in [1.807, 2.05) is 16.7 Å². The quantitative estimate of drug-likeness (QED) is 0.483. The van der Waals surface area contributed by atoms with E-state index in [-0.39, 0.29) is 24.0 Å². The summed E-state index contributed by atoms with van der Waals surface area (Å²) in [5.41, 5.74) is 1.84. The Kier molecular flexibility index (Phi) is 6.37. The molecule has 3 unspecified atom stereocenters. The molecule has 2 bridgehead atoms. The van der Waals surface area contributed by atoms with Crippen LogP contribution < -0.4 is 15.8 Å². The van der Waals surface area contributed by atoms with Crippen LogP contribution in [0, 0.1) is 23.6 Å². The highest BCUT2D eigenvalue weighted by molar-refractivity contribution is 5.76. The molecular weight excluding hydrogens is 457 g/mol. The van der Waals surface area contributed by atoms with Crippen molar-refractivity contribution in [1.29, 1.82) is 0 Å². The van der Waals surface area contributed by atoms with Crippen LogP contribution in [0.3, 0.4) is 0 Å². The van der Waals surface area contributed by atoms with Crippen LogP contribution in [0.15, 0.2) is 41.3 Å². The van der Waals surface area contributed by atoms with E-state index in [1.54, 1.807) is 18.3 Å². The maximum Gasteiger partial charge on any atom is 0.252 e. The van der Waals surface area contributed by atoms with Crippen LogP contribution in [-0.4, -0.2) is 39.3 Å². The maximum absolute atomic E-state index is 15.1. The standard InChI is InChI=1S/C28H34FN5O2/c29-23-16-22(6-7-24(23)33-11-9-18(10-12-33)2-1-13-35)31-28-30-17-21-5-8-26(36)34(27(21)32-28)25-15-19-3-4-20(25)14-19/h5-8,16-20,25,35H,1-4,9-15H2,(H,30,31,32). The molecule has 3 aliphatic rings. The first-order chi connectivity index (χ1) is 17.6. The first kappa shape index (κ1) is 23.4. The van der Waals surface area contributed by atoms with E-state index in [2.05, 4.69) is 15.2 Å². The van der Waals surface area contributed by atoms with Gasteiger partial charge in [0.1, 0.15) is 11.5 Å². The van der Waals surface area contributed by atoms with Gasteiger partial charge in [0.15, 0.2) is 0 Å². The van der Waals surface area contributed by atoms with E-state index in [0.717, 1.165) is 56.5 Å². The second kappa shape index (κ2) is 9.81. The third-order valence-electron chi connectivity index (χ3n) is 8.63. The summed E-state index contributed by atoms with van der Waals surface area (Å²) in [6.07, 6.45) is 10.4. The van der Waals surface area contributed by atoms with Gasteiger partial charge in [-0.1, -0.05) is 6.42 Å². The van der Waals surface area contributed by atoms with Crippen molar-refractivity contribution in [2.75, 3.05) is 29.9 Å². The molecule has 1 aliphatic heterocycles. The second-order valence-corrected chi connectivity index (χ2v) is 10.8. The summed E-state index contributed by atoms with van der Waals surface area (Å²) in [5.74, 6) is 1.97. The topological polar surface area (TPSA) is 83.3 Å². The van der Waals surface area contributed by atoms with Gasteiger partial charge in [0.25, 0.3) is 5.56 Å². The number of fused-ring (bicyclic) bond motifs is 3.